The molecule has 1 fully saturated rings. The summed E-state index contributed by atoms with van der Waals surface area (Å²) in [6.07, 6.45) is -5.87. The smallest absolute Gasteiger partial charge is 0.378 e. The lowest BCUT2D eigenvalue weighted by atomic mass is 10.4. The number of anilines is 2. The summed E-state index contributed by atoms with van der Waals surface area (Å²) in [5, 5.41) is 2.95. The van der Waals surface area contributed by atoms with Crippen molar-refractivity contribution in [2.45, 2.75) is 19.5 Å². The number of rotatable bonds is 8. The van der Waals surface area contributed by atoms with Crippen LogP contribution >= 0.6 is 0 Å². The van der Waals surface area contributed by atoms with Crippen molar-refractivity contribution >= 4 is 21.7 Å². The number of halogens is 3. The summed E-state index contributed by atoms with van der Waals surface area (Å²) in [6.45, 7) is 4.55. The van der Waals surface area contributed by atoms with E-state index >= 15 is 0 Å². The number of morpholine rings is 1. The lowest BCUT2D eigenvalue weighted by molar-refractivity contribution is -0.129. The van der Waals surface area contributed by atoms with Gasteiger partial charge in [-0.2, -0.15) is 13.2 Å². The van der Waals surface area contributed by atoms with E-state index in [-0.39, 0.29) is 13.1 Å². The molecule has 2 heterocycles. The molecule has 1 aliphatic rings. The van der Waals surface area contributed by atoms with E-state index in [1.807, 2.05) is 0 Å². The Hall–Kier alpha value is -1.66. The molecule has 0 saturated carbocycles. The number of alkyl halides is 3. The minimum Gasteiger partial charge on any atom is -0.378 e. The van der Waals surface area contributed by atoms with E-state index in [2.05, 4.69) is 24.9 Å². The number of ether oxygens (including phenoxy) is 1. The highest BCUT2D eigenvalue weighted by Crippen LogP contribution is 2.20. The molecule has 1 aromatic rings. The van der Waals surface area contributed by atoms with Crippen molar-refractivity contribution < 1.29 is 26.3 Å². The lowest BCUT2D eigenvalue weighted by Gasteiger charge is -2.28. The van der Waals surface area contributed by atoms with Gasteiger partial charge in [-0.3, -0.25) is 0 Å². The van der Waals surface area contributed by atoms with E-state index in [1.165, 1.54) is 0 Å². The SMILES string of the molecule is Cc1nc(NCCNS(=O)(=O)CCC(F)(F)F)cc(N2CCOCC2)n1. The predicted molar refractivity (Wildman–Crippen MR) is 90.8 cm³/mol. The van der Waals surface area contributed by atoms with Gasteiger partial charge in [-0.15, -0.1) is 0 Å². The normalized spacial score (nSPS) is 15.9. The fraction of sp³-hybridized carbons (Fsp3) is 0.714. The molecular weight excluding hydrogens is 375 g/mol. The molecular formula is C14H22F3N5O3S. The van der Waals surface area contributed by atoms with Gasteiger partial charge in [0, 0.05) is 32.2 Å². The van der Waals surface area contributed by atoms with Gasteiger partial charge in [0.1, 0.15) is 17.5 Å². The Morgan fingerprint density at radius 2 is 1.92 bits per heavy atom. The molecule has 148 valence electrons. The molecule has 1 aliphatic heterocycles. The third kappa shape index (κ3) is 7.30. The summed E-state index contributed by atoms with van der Waals surface area (Å²) in [5.74, 6) is 0.842. The van der Waals surface area contributed by atoms with E-state index in [4.69, 9.17) is 4.74 Å². The van der Waals surface area contributed by atoms with Crippen molar-refractivity contribution in [2.24, 2.45) is 0 Å². The highest BCUT2D eigenvalue weighted by Gasteiger charge is 2.29. The minimum atomic E-state index is -4.50. The van der Waals surface area contributed by atoms with Crippen LogP contribution in [0.3, 0.4) is 0 Å². The van der Waals surface area contributed by atoms with Crippen LogP contribution in [0.15, 0.2) is 6.07 Å². The van der Waals surface area contributed by atoms with Gasteiger partial charge in [-0.25, -0.2) is 23.1 Å². The number of hydrogen-bond acceptors (Lipinski definition) is 7. The van der Waals surface area contributed by atoms with Crippen molar-refractivity contribution in [1.82, 2.24) is 14.7 Å². The molecule has 0 radical (unpaired) electrons. The Morgan fingerprint density at radius 1 is 1.23 bits per heavy atom. The summed E-state index contributed by atoms with van der Waals surface area (Å²) in [4.78, 5) is 10.7. The van der Waals surface area contributed by atoms with E-state index in [0.717, 1.165) is 18.9 Å². The molecule has 0 bridgehead atoms. The van der Waals surface area contributed by atoms with Crippen LogP contribution < -0.4 is 14.9 Å². The number of nitrogens with zero attached hydrogens (tertiary/aromatic N) is 3. The maximum atomic E-state index is 12.1. The van der Waals surface area contributed by atoms with Crippen LogP contribution in [0.2, 0.25) is 0 Å². The largest absolute Gasteiger partial charge is 0.390 e. The highest BCUT2D eigenvalue weighted by atomic mass is 32.2. The zero-order chi connectivity index (χ0) is 19.2. The molecule has 2 N–H and O–H groups in total. The molecule has 2 rings (SSSR count). The monoisotopic (exact) mass is 397 g/mol. The molecule has 0 atom stereocenters. The Labute approximate surface area is 150 Å². The fourth-order valence-electron chi connectivity index (χ4n) is 2.32. The van der Waals surface area contributed by atoms with E-state index < -0.39 is 28.4 Å². The van der Waals surface area contributed by atoms with Crippen molar-refractivity contribution in [3.63, 3.8) is 0 Å². The van der Waals surface area contributed by atoms with E-state index in [0.29, 0.717) is 24.9 Å². The van der Waals surface area contributed by atoms with E-state index in [1.54, 1.807) is 13.0 Å². The summed E-state index contributed by atoms with van der Waals surface area (Å²) in [5.41, 5.74) is 0. The second-order valence-corrected chi connectivity index (χ2v) is 7.69. The third-order valence-corrected chi connectivity index (χ3v) is 4.95. The first-order valence-electron chi connectivity index (χ1n) is 8.11. The number of hydrogen-bond donors (Lipinski definition) is 2. The quantitative estimate of drug-likeness (QED) is 0.630. The predicted octanol–water partition coefficient (Wildman–Crippen LogP) is 0.905. The number of sulfonamides is 1. The summed E-state index contributed by atoms with van der Waals surface area (Å²) in [6, 6.07) is 1.75. The lowest BCUT2D eigenvalue weighted by Crippen LogP contribution is -2.37. The minimum absolute atomic E-state index is 0.0455. The second kappa shape index (κ2) is 8.82. The van der Waals surface area contributed by atoms with Crippen molar-refractivity contribution in [1.29, 1.82) is 0 Å². The maximum absolute atomic E-state index is 12.1. The molecule has 12 heteroatoms. The zero-order valence-corrected chi connectivity index (χ0v) is 15.2. The third-order valence-electron chi connectivity index (χ3n) is 3.57. The molecule has 1 aromatic heterocycles. The topological polar surface area (TPSA) is 96.5 Å². The van der Waals surface area contributed by atoms with Gasteiger partial charge in [0.25, 0.3) is 0 Å². The van der Waals surface area contributed by atoms with Gasteiger partial charge in [0.05, 0.1) is 25.4 Å². The number of aryl methyl sites for hydroxylation is 1. The summed E-state index contributed by atoms with van der Waals surface area (Å²) >= 11 is 0. The molecule has 26 heavy (non-hydrogen) atoms. The standard InChI is InChI=1S/C14H22F3N5O3S/c1-11-20-12(10-13(21-11)22-5-7-25-8-6-22)18-3-4-19-26(23,24)9-2-14(15,16)17/h10,19H,2-9H2,1H3,(H,18,20,21). The summed E-state index contributed by atoms with van der Waals surface area (Å²) < 4.78 is 66.8. The van der Waals surface area contributed by atoms with Gasteiger partial charge in [-0.1, -0.05) is 0 Å². The average Bonchev–Trinajstić information content (AvgIpc) is 2.57. The molecule has 0 aliphatic carbocycles. The molecule has 0 spiro atoms. The second-order valence-electron chi connectivity index (χ2n) is 5.76. The van der Waals surface area contributed by atoms with Gasteiger partial charge >= 0.3 is 6.18 Å². The molecule has 1 saturated heterocycles. The molecule has 0 unspecified atom stereocenters. The average molecular weight is 397 g/mol. The summed E-state index contributed by atoms with van der Waals surface area (Å²) in [7, 11) is -3.97. The van der Waals surface area contributed by atoms with Gasteiger partial charge in [-0.05, 0) is 6.92 Å². The van der Waals surface area contributed by atoms with Gasteiger partial charge < -0.3 is 15.0 Å². The highest BCUT2D eigenvalue weighted by molar-refractivity contribution is 7.89. The van der Waals surface area contributed by atoms with Crippen LogP contribution in [0.5, 0.6) is 0 Å². The van der Waals surface area contributed by atoms with E-state index in [9.17, 15) is 21.6 Å². The first-order valence-corrected chi connectivity index (χ1v) is 9.76. The van der Waals surface area contributed by atoms with Crippen LogP contribution in [0, 0.1) is 6.92 Å². The number of aromatic nitrogens is 2. The Morgan fingerprint density at radius 3 is 2.58 bits per heavy atom. The number of nitrogens with one attached hydrogen (secondary N) is 2. The van der Waals surface area contributed by atoms with Gasteiger partial charge in [0.2, 0.25) is 10.0 Å². The van der Waals surface area contributed by atoms with Crippen molar-refractivity contribution in [2.75, 3.05) is 55.4 Å². The van der Waals surface area contributed by atoms with Crippen molar-refractivity contribution in [3.8, 4) is 0 Å². The van der Waals surface area contributed by atoms with Crippen LogP contribution in [-0.4, -0.2) is 69.7 Å². The Bertz CT molecular complexity index is 694. The van der Waals surface area contributed by atoms with Crippen LogP contribution in [0.25, 0.3) is 0 Å². The molecule has 8 nitrogen and oxygen atoms in total. The Balaban J connectivity index is 1.83. The molecule has 0 aromatic carbocycles. The molecule has 0 amide bonds. The zero-order valence-electron chi connectivity index (χ0n) is 14.3. The maximum Gasteiger partial charge on any atom is 0.390 e. The van der Waals surface area contributed by atoms with Gasteiger partial charge in [0.15, 0.2) is 0 Å². The first kappa shape index (κ1) is 20.6. The van der Waals surface area contributed by atoms with Crippen molar-refractivity contribution in [3.05, 3.63) is 11.9 Å². The Kier molecular flexibility index (Phi) is 7.01. The van der Waals surface area contributed by atoms with Crippen LogP contribution in [0.1, 0.15) is 12.2 Å². The van der Waals surface area contributed by atoms with Crippen LogP contribution in [-0.2, 0) is 14.8 Å². The van der Waals surface area contributed by atoms with Crippen LogP contribution in [0.4, 0.5) is 24.8 Å². The fourth-order valence-corrected chi connectivity index (χ4v) is 3.37. The first-order chi connectivity index (χ1) is 12.1.